The molecule has 0 aromatic rings. The molecule has 0 aromatic carbocycles. The van der Waals surface area contributed by atoms with Crippen molar-refractivity contribution in [3.8, 4) is 0 Å². The zero-order valence-corrected chi connectivity index (χ0v) is 9.03. The Labute approximate surface area is 85.1 Å². The third-order valence-corrected chi connectivity index (χ3v) is 2.13. The van der Waals surface area contributed by atoms with E-state index < -0.39 is 11.9 Å². The molecule has 0 N–H and O–H groups in total. The van der Waals surface area contributed by atoms with Gasteiger partial charge < -0.3 is 14.3 Å². The van der Waals surface area contributed by atoms with Crippen LogP contribution in [0, 0.1) is 0 Å². The van der Waals surface area contributed by atoms with Crippen LogP contribution in [0.4, 0.5) is 0 Å². The van der Waals surface area contributed by atoms with Crippen molar-refractivity contribution in [2.75, 3.05) is 0 Å². The van der Waals surface area contributed by atoms with Gasteiger partial charge in [-0.1, -0.05) is 19.1 Å². The van der Waals surface area contributed by atoms with E-state index in [1.807, 2.05) is 19.9 Å². The van der Waals surface area contributed by atoms with Gasteiger partial charge in [-0.2, -0.15) is 0 Å². The van der Waals surface area contributed by atoms with Gasteiger partial charge in [0.1, 0.15) is 6.10 Å². The van der Waals surface area contributed by atoms with Gasteiger partial charge >= 0.3 is 0 Å². The van der Waals surface area contributed by atoms with Crippen molar-refractivity contribution in [2.24, 2.45) is 0 Å². The summed E-state index contributed by atoms with van der Waals surface area (Å²) in [4.78, 5) is 10.7. The summed E-state index contributed by atoms with van der Waals surface area (Å²) in [5, 5.41) is 0. The van der Waals surface area contributed by atoms with Crippen molar-refractivity contribution in [2.45, 2.75) is 51.6 Å². The Morgan fingerprint density at radius 3 is 2.57 bits per heavy atom. The summed E-state index contributed by atoms with van der Waals surface area (Å²) in [6.07, 6.45) is 6.10. The van der Waals surface area contributed by atoms with Gasteiger partial charge in [0.15, 0.2) is 12.1 Å². The summed E-state index contributed by atoms with van der Waals surface area (Å²) in [6.45, 7) is 5.73. The Morgan fingerprint density at radius 1 is 1.29 bits per heavy atom. The molecule has 1 rings (SSSR count). The monoisotopic (exact) mass is 198 g/mol. The molecule has 80 valence electrons. The molecule has 0 aromatic heterocycles. The minimum absolute atomic E-state index is 0.134. The summed E-state index contributed by atoms with van der Waals surface area (Å²) in [6, 6.07) is 0. The van der Waals surface area contributed by atoms with Crippen LogP contribution in [0.3, 0.4) is 0 Å². The summed E-state index contributed by atoms with van der Waals surface area (Å²) in [7, 11) is 0. The molecule has 0 aliphatic carbocycles. The molecule has 1 aliphatic heterocycles. The van der Waals surface area contributed by atoms with Gasteiger partial charge in [-0.15, -0.1) is 0 Å². The Kier molecular flexibility index (Phi) is 3.84. The Hall–Kier alpha value is -0.670. The lowest BCUT2D eigenvalue weighted by molar-refractivity contribution is -0.149. The van der Waals surface area contributed by atoms with Crippen LogP contribution in [0.2, 0.25) is 0 Å². The number of carbonyl (C=O) groups excluding carboxylic acids is 1. The van der Waals surface area contributed by atoms with E-state index in [2.05, 4.69) is 13.0 Å². The lowest BCUT2D eigenvalue weighted by Gasteiger charge is -2.16. The van der Waals surface area contributed by atoms with Gasteiger partial charge in [-0.3, -0.25) is 0 Å². The molecule has 0 bridgehead atoms. The van der Waals surface area contributed by atoms with E-state index in [-0.39, 0.29) is 6.10 Å². The lowest BCUT2D eigenvalue weighted by Crippen LogP contribution is -2.23. The first-order valence-corrected chi connectivity index (χ1v) is 5.05. The molecule has 3 nitrogen and oxygen atoms in total. The first-order valence-electron chi connectivity index (χ1n) is 5.05. The van der Waals surface area contributed by atoms with E-state index in [1.165, 1.54) is 0 Å². The standard InChI is InChI=1S/C11H18O3/c1-4-5-6-7-9-10(8-12)14-11(2,3)13-9/h5-6,8-10H,4,7H2,1-3H3/b6-5-/t9-,10+/m0/s1. The maximum Gasteiger partial charge on any atom is 0.164 e. The lowest BCUT2D eigenvalue weighted by atomic mass is 10.1. The van der Waals surface area contributed by atoms with Crippen molar-refractivity contribution in [3.05, 3.63) is 12.2 Å². The van der Waals surface area contributed by atoms with Crippen molar-refractivity contribution in [3.63, 3.8) is 0 Å². The molecule has 3 heteroatoms. The van der Waals surface area contributed by atoms with Crippen LogP contribution < -0.4 is 0 Å². The number of aldehydes is 1. The van der Waals surface area contributed by atoms with E-state index in [0.29, 0.717) is 0 Å². The second-order valence-electron chi connectivity index (χ2n) is 3.89. The molecular weight excluding hydrogens is 180 g/mol. The fraction of sp³-hybridized carbons (Fsp3) is 0.727. The quantitative estimate of drug-likeness (QED) is 0.512. The molecular formula is C11H18O3. The summed E-state index contributed by atoms with van der Waals surface area (Å²) >= 11 is 0. The van der Waals surface area contributed by atoms with Crippen LogP contribution in [0.5, 0.6) is 0 Å². The zero-order valence-electron chi connectivity index (χ0n) is 9.03. The summed E-state index contributed by atoms with van der Waals surface area (Å²) in [5.74, 6) is -0.629. The largest absolute Gasteiger partial charge is 0.344 e. The van der Waals surface area contributed by atoms with E-state index in [0.717, 1.165) is 19.1 Å². The van der Waals surface area contributed by atoms with Crippen molar-refractivity contribution >= 4 is 6.29 Å². The van der Waals surface area contributed by atoms with Crippen molar-refractivity contribution in [1.29, 1.82) is 0 Å². The smallest absolute Gasteiger partial charge is 0.164 e. The number of hydrogen-bond acceptors (Lipinski definition) is 3. The maximum absolute atomic E-state index is 10.7. The van der Waals surface area contributed by atoms with Gasteiger partial charge in [-0.05, 0) is 26.7 Å². The number of allylic oxidation sites excluding steroid dienone is 1. The van der Waals surface area contributed by atoms with Crippen LogP contribution in [0.25, 0.3) is 0 Å². The van der Waals surface area contributed by atoms with E-state index in [9.17, 15) is 4.79 Å². The van der Waals surface area contributed by atoms with Crippen LogP contribution in [0.15, 0.2) is 12.2 Å². The SMILES string of the molecule is CC/C=C\C[C@@H]1OC(C)(C)O[C@@H]1C=O. The highest BCUT2D eigenvalue weighted by molar-refractivity contribution is 5.57. The van der Waals surface area contributed by atoms with Crippen molar-refractivity contribution in [1.82, 2.24) is 0 Å². The second kappa shape index (κ2) is 4.71. The fourth-order valence-electron chi connectivity index (χ4n) is 1.56. The first-order chi connectivity index (χ1) is 6.59. The highest BCUT2D eigenvalue weighted by Crippen LogP contribution is 2.28. The summed E-state index contributed by atoms with van der Waals surface area (Å²) in [5.41, 5.74) is 0. The maximum atomic E-state index is 10.7. The predicted octanol–water partition coefficient (Wildman–Crippen LogP) is 2.06. The molecule has 0 radical (unpaired) electrons. The Balaban J connectivity index is 2.51. The predicted molar refractivity (Wildman–Crippen MR) is 53.9 cm³/mol. The number of rotatable bonds is 4. The molecule has 1 fully saturated rings. The van der Waals surface area contributed by atoms with Gasteiger partial charge in [-0.25, -0.2) is 0 Å². The third-order valence-electron chi connectivity index (χ3n) is 2.13. The molecule has 2 atom stereocenters. The summed E-state index contributed by atoms with van der Waals surface area (Å²) < 4.78 is 11.0. The highest BCUT2D eigenvalue weighted by Gasteiger charge is 2.40. The normalized spacial score (nSPS) is 31.1. The van der Waals surface area contributed by atoms with Gasteiger partial charge in [0.05, 0.1) is 6.10 Å². The van der Waals surface area contributed by atoms with Crippen LogP contribution in [0.1, 0.15) is 33.6 Å². The zero-order chi connectivity index (χ0) is 10.6. The molecule has 0 unspecified atom stereocenters. The average Bonchev–Trinajstić information content (AvgIpc) is 2.41. The van der Waals surface area contributed by atoms with Gasteiger partial charge in [0.25, 0.3) is 0 Å². The Morgan fingerprint density at radius 2 is 2.00 bits per heavy atom. The third kappa shape index (κ3) is 2.93. The minimum Gasteiger partial charge on any atom is -0.344 e. The van der Waals surface area contributed by atoms with Gasteiger partial charge in [0, 0.05) is 0 Å². The average molecular weight is 198 g/mol. The molecule has 0 saturated carbocycles. The molecule has 1 heterocycles. The highest BCUT2D eigenvalue weighted by atomic mass is 16.8. The van der Waals surface area contributed by atoms with Crippen molar-refractivity contribution < 1.29 is 14.3 Å². The number of hydrogen-bond donors (Lipinski definition) is 0. The van der Waals surface area contributed by atoms with Crippen LogP contribution in [-0.4, -0.2) is 24.3 Å². The molecule has 14 heavy (non-hydrogen) atoms. The van der Waals surface area contributed by atoms with E-state index in [4.69, 9.17) is 9.47 Å². The first kappa shape index (κ1) is 11.4. The number of ether oxygens (including phenoxy) is 2. The van der Waals surface area contributed by atoms with E-state index in [1.54, 1.807) is 0 Å². The molecule has 0 amide bonds. The molecule has 1 saturated heterocycles. The molecule has 0 spiro atoms. The fourth-order valence-corrected chi connectivity index (χ4v) is 1.56. The topological polar surface area (TPSA) is 35.5 Å². The van der Waals surface area contributed by atoms with Crippen LogP contribution >= 0.6 is 0 Å². The number of carbonyl (C=O) groups is 1. The van der Waals surface area contributed by atoms with E-state index >= 15 is 0 Å². The minimum atomic E-state index is -0.629. The molecule has 1 aliphatic rings. The van der Waals surface area contributed by atoms with Crippen LogP contribution in [-0.2, 0) is 14.3 Å². The second-order valence-corrected chi connectivity index (χ2v) is 3.89. The van der Waals surface area contributed by atoms with Gasteiger partial charge in [0.2, 0.25) is 0 Å². The Bertz CT molecular complexity index is 221.